The second-order valence-corrected chi connectivity index (χ2v) is 6.51. The van der Waals surface area contributed by atoms with Crippen LogP contribution in [0.25, 0.3) is 0 Å². The summed E-state index contributed by atoms with van der Waals surface area (Å²) >= 11 is 1.44. The SMILES string of the molecule is NC(=O)O[C@H]1CC[C@@H](CSc2cccc(C(F)(F)F)c2)CC1. The molecule has 1 aromatic rings. The molecule has 7 heteroatoms. The molecule has 2 rings (SSSR count). The molecule has 0 bridgehead atoms. The van der Waals surface area contributed by atoms with Gasteiger partial charge in [0.15, 0.2) is 0 Å². The van der Waals surface area contributed by atoms with Gasteiger partial charge in [-0.3, -0.25) is 0 Å². The summed E-state index contributed by atoms with van der Waals surface area (Å²) in [5.41, 5.74) is 4.37. The molecule has 1 aliphatic rings. The zero-order valence-electron chi connectivity index (χ0n) is 11.9. The van der Waals surface area contributed by atoms with Crippen LogP contribution in [0.4, 0.5) is 18.0 Å². The molecule has 1 aliphatic carbocycles. The number of hydrogen-bond donors (Lipinski definition) is 1. The lowest BCUT2D eigenvalue weighted by molar-refractivity contribution is -0.137. The van der Waals surface area contributed by atoms with Crippen LogP contribution in [0.2, 0.25) is 0 Å². The first kappa shape index (κ1) is 17.0. The Labute approximate surface area is 131 Å². The van der Waals surface area contributed by atoms with E-state index >= 15 is 0 Å². The number of hydrogen-bond acceptors (Lipinski definition) is 3. The summed E-state index contributed by atoms with van der Waals surface area (Å²) in [6.07, 6.45) is -1.86. The molecule has 3 nitrogen and oxygen atoms in total. The summed E-state index contributed by atoms with van der Waals surface area (Å²) < 4.78 is 42.9. The molecule has 1 aromatic carbocycles. The van der Waals surface area contributed by atoms with Crippen LogP contribution in [0.3, 0.4) is 0 Å². The molecule has 1 amide bonds. The van der Waals surface area contributed by atoms with Gasteiger partial charge in [0.25, 0.3) is 0 Å². The van der Waals surface area contributed by atoms with Gasteiger partial charge in [0, 0.05) is 10.6 Å². The van der Waals surface area contributed by atoms with E-state index < -0.39 is 17.8 Å². The molecule has 22 heavy (non-hydrogen) atoms. The molecule has 0 unspecified atom stereocenters. The summed E-state index contributed by atoms with van der Waals surface area (Å²) in [5.74, 6) is 1.19. The standard InChI is InChI=1S/C15H18F3NO2S/c16-15(17,18)11-2-1-3-13(8-11)22-9-10-4-6-12(7-5-10)21-14(19)20/h1-3,8,10,12H,4-7,9H2,(H2,19,20)/t10-,12+. The number of thioether (sulfide) groups is 1. The van der Waals surface area contributed by atoms with Crippen LogP contribution in [0.15, 0.2) is 29.2 Å². The number of nitrogens with two attached hydrogens (primary N) is 1. The molecule has 1 saturated carbocycles. The Balaban J connectivity index is 1.81. The lowest BCUT2D eigenvalue weighted by Crippen LogP contribution is -2.27. The van der Waals surface area contributed by atoms with E-state index in [2.05, 4.69) is 0 Å². The van der Waals surface area contributed by atoms with Crippen molar-refractivity contribution in [2.24, 2.45) is 11.7 Å². The lowest BCUT2D eigenvalue weighted by atomic mass is 9.89. The molecule has 0 aliphatic heterocycles. The zero-order chi connectivity index (χ0) is 16.2. The van der Waals surface area contributed by atoms with Gasteiger partial charge in [0.2, 0.25) is 0 Å². The summed E-state index contributed by atoms with van der Waals surface area (Å²) in [6, 6.07) is 5.40. The highest BCUT2D eigenvalue weighted by Crippen LogP contribution is 2.34. The summed E-state index contributed by atoms with van der Waals surface area (Å²) in [6.45, 7) is 0. The molecule has 0 saturated heterocycles. The molecule has 0 atom stereocenters. The van der Waals surface area contributed by atoms with E-state index in [0.29, 0.717) is 10.8 Å². The van der Waals surface area contributed by atoms with Gasteiger partial charge in [-0.05, 0) is 49.8 Å². The molecule has 0 spiro atoms. The van der Waals surface area contributed by atoms with Crippen LogP contribution < -0.4 is 5.73 Å². The fraction of sp³-hybridized carbons (Fsp3) is 0.533. The molecular formula is C15H18F3NO2S. The van der Waals surface area contributed by atoms with Crippen molar-refractivity contribution in [3.05, 3.63) is 29.8 Å². The zero-order valence-corrected chi connectivity index (χ0v) is 12.8. The quantitative estimate of drug-likeness (QED) is 0.828. The number of alkyl halides is 3. The van der Waals surface area contributed by atoms with Crippen LogP contribution in [0.1, 0.15) is 31.2 Å². The van der Waals surface area contributed by atoms with Gasteiger partial charge in [-0.15, -0.1) is 11.8 Å². The predicted molar refractivity (Wildman–Crippen MR) is 78.6 cm³/mol. The second-order valence-electron chi connectivity index (χ2n) is 5.42. The number of primary amides is 1. The van der Waals surface area contributed by atoms with Gasteiger partial charge in [0.05, 0.1) is 5.56 Å². The molecule has 2 N–H and O–H groups in total. The predicted octanol–water partition coefficient (Wildman–Crippen LogP) is 4.45. The van der Waals surface area contributed by atoms with Crippen molar-refractivity contribution in [3.8, 4) is 0 Å². The van der Waals surface area contributed by atoms with Crippen molar-refractivity contribution in [1.29, 1.82) is 0 Å². The Hall–Kier alpha value is -1.37. The lowest BCUT2D eigenvalue weighted by Gasteiger charge is -2.27. The fourth-order valence-corrected chi connectivity index (χ4v) is 3.70. The van der Waals surface area contributed by atoms with Gasteiger partial charge >= 0.3 is 12.3 Å². The fourth-order valence-electron chi connectivity index (χ4n) is 2.56. The minimum atomic E-state index is -4.30. The maximum atomic E-state index is 12.6. The van der Waals surface area contributed by atoms with Crippen LogP contribution in [-0.4, -0.2) is 18.0 Å². The summed E-state index contributed by atoms with van der Waals surface area (Å²) in [4.78, 5) is 11.3. The van der Waals surface area contributed by atoms with Crippen molar-refractivity contribution in [2.45, 2.75) is 42.9 Å². The number of carbonyl (C=O) groups is 1. The van der Waals surface area contributed by atoms with Gasteiger partial charge in [0.1, 0.15) is 6.10 Å². The van der Waals surface area contributed by atoms with Crippen LogP contribution >= 0.6 is 11.8 Å². The number of carbonyl (C=O) groups excluding carboxylic acids is 1. The van der Waals surface area contributed by atoms with Crippen LogP contribution in [-0.2, 0) is 10.9 Å². The molecule has 0 heterocycles. The number of amides is 1. The molecule has 0 radical (unpaired) electrons. The van der Waals surface area contributed by atoms with Crippen molar-refractivity contribution in [3.63, 3.8) is 0 Å². The largest absolute Gasteiger partial charge is 0.446 e. The normalized spacial score (nSPS) is 22.3. The monoisotopic (exact) mass is 333 g/mol. The third-order valence-corrected chi connectivity index (χ3v) is 4.95. The highest BCUT2D eigenvalue weighted by atomic mass is 32.2. The Morgan fingerprint density at radius 1 is 1.27 bits per heavy atom. The van der Waals surface area contributed by atoms with Crippen molar-refractivity contribution < 1.29 is 22.7 Å². The van der Waals surface area contributed by atoms with Crippen molar-refractivity contribution >= 4 is 17.9 Å². The first-order chi connectivity index (χ1) is 10.3. The minimum absolute atomic E-state index is 0.118. The highest BCUT2D eigenvalue weighted by Gasteiger charge is 2.30. The summed E-state index contributed by atoms with van der Waals surface area (Å²) in [7, 11) is 0. The second kappa shape index (κ2) is 7.26. The maximum absolute atomic E-state index is 12.6. The van der Waals surface area contributed by atoms with E-state index in [1.165, 1.54) is 23.9 Å². The Kier molecular flexibility index (Phi) is 5.61. The van der Waals surface area contributed by atoms with Crippen LogP contribution in [0, 0.1) is 5.92 Å². The van der Waals surface area contributed by atoms with Gasteiger partial charge in [-0.2, -0.15) is 13.2 Å². The smallest absolute Gasteiger partial charge is 0.416 e. The number of ether oxygens (including phenoxy) is 1. The van der Waals surface area contributed by atoms with E-state index in [-0.39, 0.29) is 6.10 Å². The van der Waals surface area contributed by atoms with Crippen molar-refractivity contribution in [2.75, 3.05) is 5.75 Å². The Bertz CT molecular complexity index is 514. The first-order valence-electron chi connectivity index (χ1n) is 7.10. The van der Waals surface area contributed by atoms with Gasteiger partial charge in [-0.25, -0.2) is 4.79 Å². The number of rotatable bonds is 4. The number of halogens is 3. The molecule has 1 fully saturated rings. The van der Waals surface area contributed by atoms with E-state index in [0.717, 1.165) is 37.5 Å². The van der Waals surface area contributed by atoms with Gasteiger partial charge in [-0.1, -0.05) is 6.07 Å². The average molecular weight is 333 g/mol. The van der Waals surface area contributed by atoms with Crippen LogP contribution in [0.5, 0.6) is 0 Å². The Morgan fingerprint density at radius 2 is 1.95 bits per heavy atom. The van der Waals surface area contributed by atoms with E-state index in [4.69, 9.17) is 10.5 Å². The van der Waals surface area contributed by atoms with Crippen molar-refractivity contribution in [1.82, 2.24) is 0 Å². The molecule has 0 aromatic heterocycles. The molecular weight excluding hydrogens is 315 g/mol. The summed E-state index contributed by atoms with van der Waals surface area (Å²) in [5, 5.41) is 0. The van der Waals surface area contributed by atoms with E-state index in [1.807, 2.05) is 0 Å². The van der Waals surface area contributed by atoms with E-state index in [1.54, 1.807) is 6.07 Å². The minimum Gasteiger partial charge on any atom is -0.446 e. The highest BCUT2D eigenvalue weighted by molar-refractivity contribution is 7.99. The average Bonchev–Trinajstić information content (AvgIpc) is 2.45. The third-order valence-electron chi connectivity index (χ3n) is 3.72. The maximum Gasteiger partial charge on any atom is 0.416 e. The van der Waals surface area contributed by atoms with E-state index in [9.17, 15) is 18.0 Å². The number of benzene rings is 1. The first-order valence-corrected chi connectivity index (χ1v) is 8.09. The molecule has 122 valence electrons. The topological polar surface area (TPSA) is 52.3 Å². The van der Waals surface area contributed by atoms with Gasteiger partial charge < -0.3 is 10.5 Å². The third kappa shape index (κ3) is 5.12. The Morgan fingerprint density at radius 3 is 2.55 bits per heavy atom.